The SMILES string of the molecule is CN=C(NCCCNC(=O)c1ccccc1)N1CCC(C)CC1. The van der Waals surface area contributed by atoms with Crippen molar-refractivity contribution in [3.05, 3.63) is 35.9 Å². The number of nitrogens with one attached hydrogen (secondary N) is 2. The van der Waals surface area contributed by atoms with Crippen molar-refractivity contribution in [1.29, 1.82) is 0 Å². The van der Waals surface area contributed by atoms with E-state index in [0.29, 0.717) is 12.1 Å². The van der Waals surface area contributed by atoms with Gasteiger partial charge in [-0.3, -0.25) is 9.79 Å². The van der Waals surface area contributed by atoms with Crippen molar-refractivity contribution < 1.29 is 4.79 Å². The van der Waals surface area contributed by atoms with Crippen LogP contribution in [0, 0.1) is 5.92 Å². The van der Waals surface area contributed by atoms with Crippen LogP contribution in [-0.4, -0.2) is 50.0 Å². The maximum Gasteiger partial charge on any atom is 0.251 e. The fourth-order valence-corrected chi connectivity index (χ4v) is 2.73. The largest absolute Gasteiger partial charge is 0.356 e. The Labute approximate surface area is 139 Å². The maximum absolute atomic E-state index is 11.9. The van der Waals surface area contributed by atoms with Gasteiger partial charge in [0.05, 0.1) is 0 Å². The molecule has 2 N–H and O–H groups in total. The van der Waals surface area contributed by atoms with Crippen molar-refractivity contribution >= 4 is 11.9 Å². The van der Waals surface area contributed by atoms with Crippen molar-refractivity contribution in [2.45, 2.75) is 26.2 Å². The lowest BCUT2D eigenvalue weighted by atomic mass is 10.00. The van der Waals surface area contributed by atoms with Gasteiger partial charge in [0, 0.05) is 38.8 Å². The number of benzene rings is 1. The van der Waals surface area contributed by atoms with Gasteiger partial charge in [-0.2, -0.15) is 0 Å². The van der Waals surface area contributed by atoms with E-state index in [0.717, 1.165) is 37.9 Å². The zero-order valence-electron chi connectivity index (χ0n) is 14.2. The van der Waals surface area contributed by atoms with E-state index in [4.69, 9.17) is 0 Å². The second kappa shape index (κ2) is 9.18. The first-order chi connectivity index (χ1) is 11.2. The molecule has 0 aromatic heterocycles. The van der Waals surface area contributed by atoms with Crippen LogP contribution in [0.2, 0.25) is 0 Å². The van der Waals surface area contributed by atoms with Gasteiger partial charge in [-0.1, -0.05) is 25.1 Å². The monoisotopic (exact) mass is 316 g/mol. The number of guanidine groups is 1. The molecule has 1 saturated heterocycles. The number of hydrogen-bond acceptors (Lipinski definition) is 2. The Morgan fingerprint density at radius 2 is 1.83 bits per heavy atom. The van der Waals surface area contributed by atoms with Crippen molar-refractivity contribution in [2.75, 3.05) is 33.2 Å². The summed E-state index contributed by atoms with van der Waals surface area (Å²) in [6, 6.07) is 9.31. The molecule has 0 unspecified atom stereocenters. The van der Waals surface area contributed by atoms with Gasteiger partial charge in [0.15, 0.2) is 5.96 Å². The van der Waals surface area contributed by atoms with E-state index in [9.17, 15) is 4.79 Å². The lowest BCUT2D eigenvalue weighted by molar-refractivity contribution is 0.0953. The summed E-state index contributed by atoms with van der Waals surface area (Å²) in [5.74, 6) is 1.78. The predicted octanol–water partition coefficient (Wildman–Crippen LogP) is 2.11. The van der Waals surface area contributed by atoms with E-state index in [2.05, 4.69) is 27.4 Å². The summed E-state index contributed by atoms with van der Waals surface area (Å²) in [6.45, 7) is 5.93. The van der Waals surface area contributed by atoms with Crippen molar-refractivity contribution in [3.8, 4) is 0 Å². The molecule has 5 nitrogen and oxygen atoms in total. The molecule has 0 spiro atoms. The average molecular weight is 316 g/mol. The van der Waals surface area contributed by atoms with Gasteiger partial charge in [-0.15, -0.1) is 0 Å². The predicted molar refractivity (Wildman–Crippen MR) is 94.7 cm³/mol. The Morgan fingerprint density at radius 1 is 1.17 bits per heavy atom. The minimum Gasteiger partial charge on any atom is -0.356 e. The molecule has 1 fully saturated rings. The van der Waals surface area contributed by atoms with Gasteiger partial charge in [0.1, 0.15) is 0 Å². The van der Waals surface area contributed by atoms with Gasteiger partial charge >= 0.3 is 0 Å². The fraction of sp³-hybridized carbons (Fsp3) is 0.556. The molecule has 0 saturated carbocycles. The highest BCUT2D eigenvalue weighted by molar-refractivity contribution is 5.94. The van der Waals surface area contributed by atoms with Crippen LogP contribution in [0.15, 0.2) is 35.3 Å². The molecule has 1 aromatic rings. The third kappa shape index (κ3) is 5.58. The van der Waals surface area contributed by atoms with Crippen LogP contribution in [0.5, 0.6) is 0 Å². The number of hydrogen-bond donors (Lipinski definition) is 2. The number of aliphatic imine (C=N–C) groups is 1. The van der Waals surface area contributed by atoms with E-state index >= 15 is 0 Å². The number of piperidine rings is 1. The van der Waals surface area contributed by atoms with Gasteiger partial charge < -0.3 is 15.5 Å². The molecule has 0 aliphatic carbocycles. The summed E-state index contributed by atoms with van der Waals surface area (Å²) in [5, 5.41) is 6.34. The molecule has 1 aromatic carbocycles. The summed E-state index contributed by atoms with van der Waals surface area (Å²) in [5.41, 5.74) is 0.707. The van der Waals surface area contributed by atoms with E-state index < -0.39 is 0 Å². The zero-order valence-corrected chi connectivity index (χ0v) is 14.2. The standard InChI is InChI=1S/C18H28N4O/c1-15-9-13-22(14-10-15)18(19-2)21-12-6-11-20-17(23)16-7-4-3-5-8-16/h3-5,7-8,15H,6,9-14H2,1-2H3,(H,19,21)(H,20,23). The lowest BCUT2D eigenvalue weighted by Gasteiger charge is -2.32. The number of nitrogens with zero attached hydrogens (tertiary/aromatic N) is 2. The normalized spacial score (nSPS) is 16.3. The Hall–Kier alpha value is -2.04. The average Bonchev–Trinajstić information content (AvgIpc) is 2.60. The van der Waals surface area contributed by atoms with E-state index in [-0.39, 0.29) is 5.91 Å². The molecule has 5 heteroatoms. The summed E-state index contributed by atoms with van der Waals surface area (Å²) in [6.07, 6.45) is 3.34. The van der Waals surface area contributed by atoms with Crippen molar-refractivity contribution in [3.63, 3.8) is 0 Å². The van der Waals surface area contributed by atoms with Gasteiger partial charge in [-0.25, -0.2) is 0 Å². The smallest absolute Gasteiger partial charge is 0.251 e. The second-order valence-corrected chi connectivity index (χ2v) is 6.12. The third-order valence-electron chi connectivity index (χ3n) is 4.25. The first-order valence-electron chi connectivity index (χ1n) is 8.49. The topological polar surface area (TPSA) is 56.7 Å². The molecule has 1 heterocycles. The highest BCUT2D eigenvalue weighted by Crippen LogP contribution is 2.15. The molecule has 23 heavy (non-hydrogen) atoms. The molecular weight excluding hydrogens is 288 g/mol. The maximum atomic E-state index is 11.9. The van der Waals surface area contributed by atoms with Crippen molar-refractivity contribution in [1.82, 2.24) is 15.5 Å². The van der Waals surface area contributed by atoms with E-state index in [1.54, 1.807) is 0 Å². The lowest BCUT2D eigenvalue weighted by Crippen LogP contribution is -2.45. The fourth-order valence-electron chi connectivity index (χ4n) is 2.73. The zero-order chi connectivity index (χ0) is 16.5. The number of carbonyl (C=O) groups is 1. The minimum atomic E-state index is -0.0139. The summed E-state index contributed by atoms with van der Waals surface area (Å²) in [4.78, 5) is 18.6. The molecule has 126 valence electrons. The van der Waals surface area contributed by atoms with Gasteiger partial charge in [0.2, 0.25) is 0 Å². The van der Waals surface area contributed by atoms with Crippen LogP contribution in [0.1, 0.15) is 36.5 Å². The molecule has 0 bridgehead atoms. The number of amides is 1. The first kappa shape index (κ1) is 17.3. The van der Waals surface area contributed by atoms with Crippen molar-refractivity contribution in [2.24, 2.45) is 10.9 Å². The van der Waals surface area contributed by atoms with Crippen LogP contribution >= 0.6 is 0 Å². The molecule has 1 aliphatic heterocycles. The molecular formula is C18H28N4O. The molecule has 0 atom stereocenters. The molecule has 0 radical (unpaired) electrons. The Balaban J connectivity index is 1.63. The van der Waals surface area contributed by atoms with Crippen LogP contribution in [0.25, 0.3) is 0 Å². The number of rotatable bonds is 5. The number of carbonyl (C=O) groups excluding carboxylic acids is 1. The Morgan fingerprint density at radius 3 is 2.48 bits per heavy atom. The summed E-state index contributed by atoms with van der Waals surface area (Å²) >= 11 is 0. The van der Waals surface area contributed by atoms with Gasteiger partial charge in [-0.05, 0) is 37.3 Å². The van der Waals surface area contributed by atoms with E-state index in [1.807, 2.05) is 37.4 Å². The highest BCUT2D eigenvalue weighted by Gasteiger charge is 2.18. The van der Waals surface area contributed by atoms with E-state index in [1.165, 1.54) is 12.8 Å². The first-order valence-corrected chi connectivity index (χ1v) is 8.49. The highest BCUT2D eigenvalue weighted by atomic mass is 16.1. The summed E-state index contributed by atoms with van der Waals surface area (Å²) < 4.78 is 0. The number of likely N-dealkylation sites (tertiary alicyclic amines) is 1. The van der Waals surface area contributed by atoms with Crippen LogP contribution < -0.4 is 10.6 Å². The Bertz CT molecular complexity index is 507. The quantitative estimate of drug-likeness (QED) is 0.497. The summed E-state index contributed by atoms with van der Waals surface area (Å²) in [7, 11) is 1.83. The van der Waals surface area contributed by atoms with Gasteiger partial charge in [0.25, 0.3) is 5.91 Å². The molecule has 2 rings (SSSR count). The Kier molecular flexibility index (Phi) is 6.91. The van der Waals surface area contributed by atoms with Crippen LogP contribution in [0.4, 0.5) is 0 Å². The minimum absolute atomic E-state index is 0.0139. The second-order valence-electron chi connectivity index (χ2n) is 6.12. The van der Waals surface area contributed by atoms with Crippen LogP contribution in [0.3, 0.4) is 0 Å². The molecule has 1 aliphatic rings. The van der Waals surface area contributed by atoms with Crippen LogP contribution in [-0.2, 0) is 0 Å². The molecule has 1 amide bonds. The third-order valence-corrected chi connectivity index (χ3v) is 4.25.